The summed E-state index contributed by atoms with van der Waals surface area (Å²) >= 11 is 5.02. The van der Waals surface area contributed by atoms with Crippen molar-refractivity contribution < 1.29 is 9.53 Å². The largest absolute Gasteiger partial charge is 0.496 e. The number of amides is 1. The number of thiophene rings is 1. The first-order valence-electron chi connectivity index (χ1n) is 5.26. The minimum atomic E-state index is 0.123. The first-order chi connectivity index (χ1) is 7.70. The number of rotatable bonds is 2. The smallest absolute Gasteiger partial charge is 0.264 e. The van der Waals surface area contributed by atoms with Gasteiger partial charge in [-0.3, -0.25) is 4.79 Å². The standard InChI is InChI=1S/C11H14BrNO2S/c1-15-9-5-10(16-7-9)11(14)13-4-2-3-8(12)6-13/h5,7-8H,2-4,6H2,1H3. The predicted molar refractivity (Wildman–Crippen MR) is 68.7 cm³/mol. The molecule has 0 aromatic carbocycles. The molecule has 88 valence electrons. The first-order valence-corrected chi connectivity index (χ1v) is 7.06. The lowest BCUT2D eigenvalue weighted by molar-refractivity contribution is 0.0734. The van der Waals surface area contributed by atoms with Crippen LogP contribution in [-0.2, 0) is 0 Å². The van der Waals surface area contributed by atoms with Crippen molar-refractivity contribution in [3.8, 4) is 5.75 Å². The maximum absolute atomic E-state index is 12.1. The van der Waals surface area contributed by atoms with Crippen LogP contribution in [0.15, 0.2) is 11.4 Å². The zero-order valence-corrected chi connectivity index (χ0v) is 11.5. The molecule has 16 heavy (non-hydrogen) atoms. The summed E-state index contributed by atoms with van der Waals surface area (Å²) in [4.78, 5) is 15.2. The molecule has 1 aliphatic heterocycles. The lowest BCUT2D eigenvalue weighted by atomic mass is 10.1. The highest BCUT2D eigenvalue weighted by Crippen LogP contribution is 2.25. The van der Waals surface area contributed by atoms with E-state index in [0.29, 0.717) is 4.83 Å². The fraction of sp³-hybridized carbons (Fsp3) is 0.545. The van der Waals surface area contributed by atoms with Crippen LogP contribution in [0.25, 0.3) is 0 Å². The van der Waals surface area contributed by atoms with Gasteiger partial charge in [0.1, 0.15) is 5.75 Å². The van der Waals surface area contributed by atoms with Crippen LogP contribution in [-0.4, -0.2) is 35.8 Å². The molecule has 1 aromatic heterocycles. The lowest BCUT2D eigenvalue weighted by Gasteiger charge is -2.29. The van der Waals surface area contributed by atoms with Gasteiger partial charge in [0.05, 0.1) is 12.0 Å². The average molecular weight is 304 g/mol. The number of hydrogen-bond acceptors (Lipinski definition) is 3. The van der Waals surface area contributed by atoms with Gasteiger partial charge >= 0.3 is 0 Å². The predicted octanol–water partition coefficient (Wildman–Crippen LogP) is 2.76. The Morgan fingerprint density at radius 1 is 1.69 bits per heavy atom. The second kappa shape index (κ2) is 5.19. The fourth-order valence-electron chi connectivity index (χ4n) is 1.80. The SMILES string of the molecule is COc1csc(C(=O)N2CCCC(Br)C2)c1. The topological polar surface area (TPSA) is 29.5 Å². The molecule has 0 aliphatic carbocycles. The summed E-state index contributed by atoms with van der Waals surface area (Å²) in [7, 11) is 1.62. The molecular formula is C11H14BrNO2S. The number of methoxy groups -OCH3 is 1. The minimum Gasteiger partial charge on any atom is -0.496 e. The summed E-state index contributed by atoms with van der Waals surface area (Å²) in [6.07, 6.45) is 2.22. The number of carbonyl (C=O) groups excluding carboxylic acids is 1. The van der Waals surface area contributed by atoms with E-state index in [9.17, 15) is 4.79 Å². The van der Waals surface area contributed by atoms with Crippen LogP contribution < -0.4 is 4.74 Å². The Balaban J connectivity index is 2.06. The molecule has 1 fully saturated rings. The van der Waals surface area contributed by atoms with E-state index in [0.717, 1.165) is 36.6 Å². The molecule has 1 aromatic rings. The highest BCUT2D eigenvalue weighted by Gasteiger charge is 2.23. The molecule has 3 nitrogen and oxygen atoms in total. The molecule has 0 radical (unpaired) electrons. The quantitative estimate of drug-likeness (QED) is 0.786. The number of ether oxygens (including phenoxy) is 1. The molecule has 0 N–H and O–H groups in total. The van der Waals surface area contributed by atoms with Crippen molar-refractivity contribution in [1.29, 1.82) is 0 Å². The van der Waals surface area contributed by atoms with Crippen molar-refractivity contribution in [3.05, 3.63) is 16.3 Å². The summed E-state index contributed by atoms with van der Waals surface area (Å²) in [5.41, 5.74) is 0. The molecule has 0 bridgehead atoms. The van der Waals surface area contributed by atoms with Crippen LogP contribution >= 0.6 is 27.3 Å². The lowest BCUT2D eigenvalue weighted by Crippen LogP contribution is -2.39. The van der Waals surface area contributed by atoms with Crippen LogP contribution in [0.2, 0.25) is 0 Å². The van der Waals surface area contributed by atoms with Crippen LogP contribution in [0.3, 0.4) is 0 Å². The van der Waals surface area contributed by atoms with E-state index in [1.807, 2.05) is 16.3 Å². The third kappa shape index (κ3) is 2.58. The molecule has 1 unspecified atom stereocenters. The minimum absolute atomic E-state index is 0.123. The van der Waals surface area contributed by atoms with Crippen LogP contribution in [0.5, 0.6) is 5.75 Å². The van der Waals surface area contributed by atoms with Gasteiger partial charge < -0.3 is 9.64 Å². The fourth-order valence-corrected chi connectivity index (χ4v) is 3.30. The number of carbonyl (C=O) groups is 1. The number of likely N-dealkylation sites (tertiary alicyclic amines) is 1. The molecule has 2 rings (SSSR count). The third-order valence-electron chi connectivity index (χ3n) is 2.67. The van der Waals surface area contributed by atoms with Gasteiger partial charge in [-0.2, -0.15) is 0 Å². The number of nitrogens with zero attached hydrogens (tertiary/aromatic N) is 1. The van der Waals surface area contributed by atoms with Crippen molar-refractivity contribution in [1.82, 2.24) is 4.90 Å². The Labute approximate surface area is 108 Å². The highest BCUT2D eigenvalue weighted by molar-refractivity contribution is 9.09. The van der Waals surface area contributed by atoms with Crippen molar-refractivity contribution in [2.45, 2.75) is 17.7 Å². The van der Waals surface area contributed by atoms with Gasteiger partial charge in [0.15, 0.2) is 0 Å². The molecule has 0 spiro atoms. The summed E-state index contributed by atoms with van der Waals surface area (Å²) in [5.74, 6) is 0.887. The number of piperidine rings is 1. The van der Waals surface area contributed by atoms with Gasteiger partial charge in [-0.25, -0.2) is 0 Å². The average Bonchev–Trinajstić information content (AvgIpc) is 2.76. The van der Waals surface area contributed by atoms with E-state index in [1.54, 1.807) is 7.11 Å². The molecule has 5 heteroatoms. The van der Waals surface area contributed by atoms with Gasteiger partial charge in [0.25, 0.3) is 5.91 Å². The molecule has 0 saturated carbocycles. The van der Waals surface area contributed by atoms with Crippen molar-refractivity contribution >= 4 is 33.2 Å². The van der Waals surface area contributed by atoms with E-state index in [4.69, 9.17) is 4.74 Å². The Morgan fingerprint density at radius 2 is 2.50 bits per heavy atom. The second-order valence-electron chi connectivity index (χ2n) is 3.84. The zero-order valence-electron chi connectivity index (χ0n) is 9.11. The van der Waals surface area contributed by atoms with Crippen molar-refractivity contribution in [2.75, 3.05) is 20.2 Å². The van der Waals surface area contributed by atoms with Crippen LogP contribution in [0.4, 0.5) is 0 Å². The Bertz CT molecular complexity index is 380. The van der Waals surface area contributed by atoms with Gasteiger partial charge in [-0.05, 0) is 12.8 Å². The second-order valence-corrected chi connectivity index (χ2v) is 6.05. The zero-order chi connectivity index (χ0) is 11.5. The third-order valence-corrected chi connectivity index (χ3v) is 4.32. The van der Waals surface area contributed by atoms with E-state index < -0.39 is 0 Å². The summed E-state index contributed by atoms with van der Waals surface area (Å²) in [6.45, 7) is 1.67. The van der Waals surface area contributed by atoms with E-state index in [2.05, 4.69) is 15.9 Å². The van der Waals surface area contributed by atoms with E-state index in [-0.39, 0.29) is 5.91 Å². The molecule has 1 amide bonds. The maximum Gasteiger partial charge on any atom is 0.264 e. The number of halogens is 1. The molecule has 2 heterocycles. The van der Waals surface area contributed by atoms with Gasteiger partial charge in [0, 0.05) is 29.4 Å². The van der Waals surface area contributed by atoms with Gasteiger partial charge in [0.2, 0.25) is 0 Å². The first kappa shape index (κ1) is 11.9. The van der Waals surface area contributed by atoms with E-state index >= 15 is 0 Å². The van der Waals surface area contributed by atoms with Crippen molar-refractivity contribution in [2.24, 2.45) is 0 Å². The normalized spacial score (nSPS) is 20.9. The maximum atomic E-state index is 12.1. The number of alkyl halides is 1. The summed E-state index contributed by atoms with van der Waals surface area (Å²) < 4.78 is 5.08. The Hall–Kier alpha value is -0.550. The monoisotopic (exact) mass is 303 g/mol. The van der Waals surface area contributed by atoms with Gasteiger partial charge in [-0.15, -0.1) is 11.3 Å². The van der Waals surface area contributed by atoms with Crippen LogP contribution in [0, 0.1) is 0 Å². The molecule has 1 atom stereocenters. The van der Waals surface area contributed by atoms with Crippen LogP contribution in [0.1, 0.15) is 22.5 Å². The molecule has 1 aliphatic rings. The summed E-state index contributed by atoms with van der Waals surface area (Å²) in [6, 6.07) is 1.81. The highest BCUT2D eigenvalue weighted by atomic mass is 79.9. The number of hydrogen-bond donors (Lipinski definition) is 0. The van der Waals surface area contributed by atoms with Gasteiger partial charge in [-0.1, -0.05) is 15.9 Å². The molecule has 1 saturated heterocycles. The Kier molecular flexibility index (Phi) is 3.86. The van der Waals surface area contributed by atoms with Crippen molar-refractivity contribution in [3.63, 3.8) is 0 Å². The summed E-state index contributed by atoms with van der Waals surface area (Å²) in [5, 5.41) is 1.86. The molecular weight excluding hydrogens is 290 g/mol. The Morgan fingerprint density at radius 3 is 3.12 bits per heavy atom. The van der Waals surface area contributed by atoms with E-state index in [1.165, 1.54) is 11.3 Å².